The van der Waals surface area contributed by atoms with Gasteiger partial charge in [0, 0.05) is 18.2 Å². The highest BCUT2D eigenvalue weighted by atomic mass is 19.1. The van der Waals surface area contributed by atoms with Crippen molar-refractivity contribution in [3.63, 3.8) is 0 Å². The number of likely N-dealkylation sites (tertiary alicyclic amines) is 1. The molecule has 1 aliphatic rings. The molecule has 2 rings (SSSR count). The minimum Gasteiger partial charge on any atom is -0.494 e. The third-order valence-electron chi connectivity index (χ3n) is 3.64. The molecule has 0 spiro atoms. The van der Waals surface area contributed by atoms with Crippen LogP contribution in [0.25, 0.3) is 0 Å². The second kappa shape index (κ2) is 6.10. The first kappa shape index (κ1) is 13.9. The van der Waals surface area contributed by atoms with Gasteiger partial charge in [-0.2, -0.15) is 0 Å². The summed E-state index contributed by atoms with van der Waals surface area (Å²) in [6, 6.07) is 3.14. The lowest BCUT2D eigenvalue weighted by molar-refractivity contribution is 0.125. The fourth-order valence-corrected chi connectivity index (χ4v) is 2.37. The van der Waals surface area contributed by atoms with E-state index in [0.717, 1.165) is 13.0 Å². The maximum absolute atomic E-state index is 13.4. The second-order valence-electron chi connectivity index (χ2n) is 4.97. The fourth-order valence-electron chi connectivity index (χ4n) is 2.37. The predicted octanol–water partition coefficient (Wildman–Crippen LogP) is 2.28. The lowest BCUT2D eigenvalue weighted by atomic mass is 10.0. The number of anilines is 1. The Kier molecular flexibility index (Phi) is 4.47. The molecule has 19 heavy (non-hydrogen) atoms. The van der Waals surface area contributed by atoms with Crippen LogP contribution >= 0.6 is 0 Å². The number of halogens is 1. The summed E-state index contributed by atoms with van der Waals surface area (Å²) in [6.45, 7) is 1.66. The number of likely N-dealkylation sites (N-methyl/N-ethyl adjacent to an activating group) is 1. The van der Waals surface area contributed by atoms with Gasteiger partial charge in [-0.05, 0) is 26.4 Å². The summed E-state index contributed by atoms with van der Waals surface area (Å²) < 4.78 is 24.1. The van der Waals surface area contributed by atoms with Crippen molar-refractivity contribution < 1.29 is 13.9 Å². The molecule has 0 bridgehead atoms. The Morgan fingerprint density at radius 1 is 1.37 bits per heavy atom. The van der Waals surface area contributed by atoms with Gasteiger partial charge in [-0.25, -0.2) is 4.39 Å². The highest BCUT2D eigenvalue weighted by molar-refractivity contribution is 5.56. The molecular formula is C14H21FN2O2. The molecule has 106 valence electrons. The summed E-state index contributed by atoms with van der Waals surface area (Å²) in [5.74, 6) is 0.167. The Morgan fingerprint density at radius 3 is 2.84 bits per heavy atom. The summed E-state index contributed by atoms with van der Waals surface area (Å²) in [5.41, 5.74) is 6.06. The molecule has 0 amide bonds. The number of piperidine rings is 1. The predicted molar refractivity (Wildman–Crippen MR) is 73.1 cm³/mol. The van der Waals surface area contributed by atoms with Crippen LogP contribution in [0.3, 0.4) is 0 Å². The van der Waals surface area contributed by atoms with Crippen LogP contribution in [0.1, 0.15) is 19.3 Å². The van der Waals surface area contributed by atoms with Crippen molar-refractivity contribution >= 4 is 5.69 Å². The SMILES string of the molecule is COc1cc(OCC2CCCCN2C)c(N)cc1F. The van der Waals surface area contributed by atoms with Gasteiger partial charge >= 0.3 is 0 Å². The van der Waals surface area contributed by atoms with E-state index in [1.807, 2.05) is 0 Å². The van der Waals surface area contributed by atoms with Crippen LogP contribution in [0.4, 0.5) is 10.1 Å². The molecule has 1 fully saturated rings. The van der Waals surface area contributed by atoms with Crippen LogP contribution in [-0.2, 0) is 0 Å². The van der Waals surface area contributed by atoms with Crippen LogP contribution in [0.5, 0.6) is 11.5 Å². The van der Waals surface area contributed by atoms with E-state index < -0.39 is 5.82 Å². The monoisotopic (exact) mass is 268 g/mol. The van der Waals surface area contributed by atoms with E-state index >= 15 is 0 Å². The third kappa shape index (κ3) is 3.29. The summed E-state index contributed by atoms with van der Waals surface area (Å²) >= 11 is 0. The van der Waals surface area contributed by atoms with Gasteiger partial charge in [-0.3, -0.25) is 0 Å². The number of rotatable bonds is 4. The minimum atomic E-state index is -0.470. The quantitative estimate of drug-likeness (QED) is 0.851. The standard InChI is InChI=1S/C14H21FN2O2/c1-17-6-4-3-5-10(17)9-19-14-8-13(18-2)11(15)7-12(14)16/h7-8,10H,3-6,9,16H2,1-2H3. The zero-order valence-electron chi connectivity index (χ0n) is 11.5. The number of nitrogen functional groups attached to an aromatic ring is 1. The highest BCUT2D eigenvalue weighted by Gasteiger charge is 2.20. The van der Waals surface area contributed by atoms with Crippen molar-refractivity contribution in [3.8, 4) is 11.5 Å². The molecule has 5 heteroatoms. The number of hydrogen-bond acceptors (Lipinski definition) is 4. The smallest absolute Gasteiger partial charge is 0.167 e. The molecule has 1 aromatic rings. The van der Waals surface area contributed by atoms with Gasteiger partial charge in [0.15, 0.2) is 11.6 Å². The van der Waals surface area contributed by atoms with Gasteiger partial charge in [-0.15, -0.1) is 0 Å². The van der Waals surface area contributed by atoms with Gasteiger partial charge in [0.25, 0.3) is 0 Å². The Morgan fingerprint density at radius 2 is 2.16 bits per heavy atom. The van der Waals surface area contributed by atoms with Crippen LogP contribution in [0.15, 0.2) is 12.1 Å². The van der Waals surface area contributed by atoms with Crippen molar-refractivity contribution in [2.24, 2.45) is 0 Å². The molecule has 1 atom stereocenters. The molecule has 4 nitrogen and oxygen atoms in total. The van der Waals surface area contributed by atoms with E-state index in [4.69, 9.17) is 15.2 Å². The van der Waals surface area contributed by atoms with Crippen molar-refractivity contribution in [3.05, 3.63) is 17.9 Å². The van der Waals surface area contributed by atoms with E-state index in [9.17, 15) is 4.39 Å². The Bertz CT molecular complexity index is 440. The largest absolute Gasteiger partial charge is 0.494 e. The maximum atomic E-state index is 13.4. The summed E-state index contributed by atoms with van der Waals surface area (Å²) in [6.07, 6.45) is 3.58. The maximum Gasteiger partial charge on any atom is 0.167 e. The lowest BCUT2D eigenvalue weighted by Crippen LogP contribution is -2.40. The van der Waals surface area contributed by atoms with Gasteiger partial charge in [0.1, 0.15) is 12.4 Å². The van der Waals surface area contributed by atoms with Crippen LogP contribution < -0.4 is 15.2 Å². The van der Waals surface area contributed by atoms with Crippen molar-refractivity contribution in [2.75, 3.05) is 33.0 Å². The van der Waals surface area contributed by atoms with E-state index in [1.54, 1.807) is 0 Å². The Balaban J connectivity index is 2.02. The summed E-state index contributed by atoms with van der Waals surface area (Å²) in [4.78, 5) is 2.29. The lowest BCUT2D eigenvalue weighted by Gasteiger charge is -2.32. The first-order valence-corrected chi connectivity index (χ1v) is 6.58. The summed E-state index contributed by atoms with van der Waals surface area (Å²) in [5, 5.41) is 0. The molecule has 0 aromatic heterocycles. The fraction of sp³-hybridized carbons (Fsp3) is 0.571. The zero-order chi connectivity index (χ0) is 13.8. The Labute approximate surface area is 113 Å². The second-order valence-corrected chi connectivity index (χ2v) is 4.97. The minimum absolute atomic E-state index is 0.154. The molecule has 2 N–H and O–H groups in total. The topological polar surface area (TPSA) is 47.7 Å². The van der Waals surface area contributed by atoms with Crippen LogP contribution in [0, 0.1) is 5.82 Å². The number of nitrogens with two attached hydrogens (primary N) is 1. The number of nitrogens with zero attached hydrogens (tertiary/aromatic N) is 1. The van der Waals surface area contributed by atoms with E-state index in [2.05, 4.69) is 11.9 Å². The van der Waals surface area contributed by atoms with Crippen molar-refractivity contribution in [2.45, 2.75) is 25.3 Å². The van der Waals surface area contributed by atoms with E-state index in [-0.39, 0.29) is 5.75 Å². The molecule has 0 radical (unpaired) electrons. The number of benzene rings is 1. The molecule has 1 unspecified atom stereocenters. The molecular weight excluding hydrogens is 247 g/mol. The normalized spacial score (nSPS) is 20.3. The van der Waals surface area contributed by atoms with Crippen LogP contribution in [-0.4, -0.2) is 38.3 Å². The number of methoxy groups -OCH3 is 1. The highest BCUT2D eigenvalue weighted by Crippen LogP contribution is 2.30. The van der Waals surface area contributed by atoms with E-state index in [0.29, 0.717) is 24.1 Å². The molecule has 1 aromatic carbocycles. The first-order chi connectivity index (χ1) is 9.11. The van der Waals surface area contributed by atoms with Gasteiger partial charge in [0.05, 0.1) is 12.8 Å². The van der Waals surface area contributed by atoms with Gasteiger partial charge in [-0.1, -0.05) is 6.42 Å². The first-order valence-electron chi connectivity index (χ1n) is 6.58. The average molecular weight is 268 g/mol. The zero-order valence-corrected chi connectivity index (χ0v) is 11.5. The molecule has 0 aliphatic carbocycles. The molecule has 1 saturated heterocycles. The summed E-state index contributed by atoms with van der Waals surface area (Å²) in [7, 11) is 3.52. The average Bonchev–Trinajstić information content (AvgIpc) is 2.39. The van der Waals surface area contributed by atoms with Gasteiger partial charge < -0.3 is 20.1 Å². The van der Waals surface area contributed by atoms with Crippen molar-refractivity contribution in [1.29, 1.82) is 0 Å². The number of ether oxygens (including phenoxy) is 2. The molecule has 1 aliphatic heterocycles. The number of hydrogen-bond donors (Lipinski definition) is 1. The molecule has 0 saturated carbocycles. The molecule has 1 heterocycles. The van der Waals surface area contributed by atoms with E-state index in [1.165, 1.54) is 32.1 Å². The Hall–Kier alpha value is -1.49. The van der Waals surface area contributed by atoms with Crippen molar-refractivity contribution in [1.82, 2.24) is 4.90 Å². The van der Waals surface area contributed by atoms with Gasteiger partial charge in [0.2, 0.25) is 0 Å². The van der Waals surface area contributed by atoms with Crippen LogP contribution in [0.2, 0.25) is 0 Å². The third-order valence-corrected chi connectivity index (χ3v) is 3.64.